The molecule has 0 aliphatic rings. The Labute approximate surface area is 129 Å². The zero-order valence-electron chi connectivity index (χ0n) is 9.91. The predicted octanol–water partition coefficient (Wildman–Crippen LogP) is 5.75. The Morgan fingerprint density at radius 1 is 1.11 bits per heavy atom. The van der Waals surface area contributed by atoms with Gasteiger partial charge in [-0.25, -0.2) is 0 Å². The van der Waals surface area contributed by atoms with Crippen LogP contribution in [0.2, 0.25) is 10.0 Å². The average Bonchev–Trinajstić information content (AvgIpc) is 2.36. The monoisotopic (exact) mass is 358 g/mol. The van der Waals surface area contributed by atoms with Gasteiger partial charge in [-0.05, 0) is 41.1 Å². The summed E-state index contributed by atoms with van der Waals surface area (Å²) in [4.78, 5) is 11.5. The fourth-order valence-electron chi connectivity index (χ4n) is 1.55. The van der Waals surface area contributed by atoms with Gasteiger partial charge < -0.3 is 4.74 Å². The van der Waals surface area contributed by atoms with Crippen molar-refractivity contribution in [2.45, 2.75) is 6.92 Å². The molecule has 2 rings (SSSR count). The highest BCUT2D eigenvalue weighted by atomic mass is 79.9. The topological polar surface area (TPSA) is 26.3 Å². The van der Waals surface area contributed by atoms with Crippen LogP contribution in [-0.4, -0.2) is 5.78 Å². The minimum Gasteiger partial charge on any atom is -0.455 e. The van der Waals surface area contributed by atoms with Gasteiger partial charge >= 0.3 is 0 Å². The van der Waals surface area contributed by atoms with E-state index in [0.29, 0.717) is 31.6 Å². The van der Waals surface area contributed by atoms with Gasteiger partial charge in [-0.1, -0.05) is 35.3 Å². The quantitative estimate of drug-likeness (QED) is 0.515. The Hall–Kier alpha value is -1.03. The molecule has 0 spiro atoms. The molecule has 0 radical (unpaired) electrons. The van der Waals surface area contributed by atoms with Crippen LogP contribution < -0.4 is 4.74 Å². The van der Waals surface area contributed by atoms with Crippen molar-refractivity contribution in [3.05, 3.63) is 56.5 Å². The van der Waals surface area contributed by atoms with Crippen LogP contribution in [0.4, 0.5) is 0 Å². The molecule has 2 nitrogen and oxygen atoms in total. The van der Waals surface area contributed by atoms with E-state index in [-0.39, 0.29) is 5.78 Å². The maximum atomic E-state index is 11.5. The lowest BCUT2D eigenvalue weighted by Crippen LogP contribution is -1.97. The number of rotatable bonds is 3. The second-order valence-corrected chi connectivity index (χ2v) is 5.52. The maximum Gasteiger partial charge on any atom is 0.163 e. The van der Waals surface area contributed by atoms with Gasteiger partial charge in [0, 0.05) is 10.5 Å². The smallest absolute Gasteiger partial charge is 0.163 e. The summed E-state index contributed by atoms with van der Waals surface area (Å²) in [5, 5.41) is 0.898. The zero-order chi connectivity index (χ0) is 14.0. The highest BCUT2D eigenvalue weighted by Gasteiger charge is 2.12. The first kappa shape index (κ1) is 14.4. The summed E-state index contributed by atoms with van der Waals surface area (Å²) >= 11 is 15.4. The van der Waals surface area contributed by atoms with Crippen molar-refractivity contribution in [3.8, 4) is 11.5 Å². The first-order chi connectivity index (χ1) is 8.99. The lowest BCUT2D eigenvalue weighted by molar-refractivity contribution is 0.101. The lowest BCUT2D eigenvalue weighted by Gasteiger charge is -2.11. The van der Waals surface area contributed by atoms with Crippen LogP contribution >= 0.6 is 39.1 Å². The number of benzene rings is 2. The van der Waals surface area contributed by atoms with Crippen molar-refractivity contribution in [2.24, 2.45) is 0 Å². The number of hydrogen-bond donors (Lipinski definition) is 0. The highest BCUT2D eigenvalue weighted by molar-refractivity contribution is 9.10. The van der Waals surface area contributed by atoms with E-state index >= 15 is 0 Å². The SMILES string of the molecule is CC(=O)c1ccccc1Oc1cc(Cl)c(Br)cc1Cl. The molecular weight excluding hydrogens is 351 g/mol. The third-order valence-corrected chi connectivity index (χ3v) is 3.95. The molecule has 0 saturated heterocycles. The molecule has 2 aromatic rings. The molecule has 0 aliphatic heterocycles. The Morgan fingerprint density at radius 3 is 2.47 bits per heavy atom. The van der Waals surface area contributed by atoms with E-state index < -0.39 is 0 Å². The van der Waals surface area contributed by atoms with E-state index in [1.54, 1.807) is 36.4 Å². The van der Waals surface area contributed by atoms with Crippen molar-refractivity contribution in [1.82, 2.24) is 0 Å². The molecule has 0 aliphatic carbocycles. The van der Waals surface area contributed by atoms with E-state index in [9.17, 15) is 4.79 Å². The molecule has 5 heteroatoms. The third kappa shape index (κ3) is 3.30. The fraction of sp³-hybridized carbons (Fsp3) is 0.0714. The summed E-state index contributed by atoms with van der Waals surface area (Å²) in [7, 11) is 0. The van der Waals surface area contributed by atoms with Crippen LogP contribution in [0.1, 0.15) is 17.3 Å². The molecule has 2 aromatic carbocycles. The van der Waals surface area contributed by atoms with Crippen LogP contribution in [0.15, 0.2) is 40.9 Å². The van der Waals surface area contributed by atoms with Gasteiger partial charge in [0.25, 0.3) is 0 Å². The summed E-state index contributed by atoms with van der Waals surface area (Å²) in [6, 6.07) is 10.2. The van der Waals surface area contributed by atoms with Gasteiger partial charge in [-0.2, -0.15) is 0 Å². The van der Waals surface area contributed by atoms with Crippen LogP contribution in [-0.2, 0) is 0 Å². The molecule has 0 aromatic heterocycles. The Balaban J connectivity index is 2.42. The number of ether oxygens (including phenoxy) is 1. The van der Waals surface area contributed by atoms with E-state index in [4.69, 9.17) is 27.9 Å². The molecule has 0 amide bonds. The van der Waals surface area contributed by atoms with Gasteiger partial charge in [0.2, 0.25) is 0 Å². The number of halogens is 3. The Bertz CT molecular complexity index is 641. The van der Waals surface area contributed by atoms with E-state index in [1.165, 1.54) is 6.92 Å². The van der Waals surface area contributed by atoms with Crippen LogP contribution in [0.5, 0.6) is 11.5 Å². The lowest BCUT2D eigenvalue weighted by atomic mass is 10.1. The normalized spacial score (nSPS) is 10.3. The Kier molecular flexibility index (Phi) is 4.50. The molecule has 0 fully saturated rings. The van der Waals surface area contributed by atoms with Gasteiger partial charge in [-0.3, -0.25) is 4.79 Å². The van der Waals surface area contributed by atoms with Crippen LogP contribution in [0.25, 0.3) is 0 Å². The minimum absolute atomic E-state index is 0.0741. The molecule has 0 N–H and O–H groups in total. The predicted molar refractivity (Wildman–Crippen MR) is 80.7 cm³/mol. The number of para-hydroxylation sites is 1. The van der Waals surface area contributed by atoms with Gasteiger partial charge in [0.1, 0.15) is 11.5 Å². The van der Waals surface area contributed by atoms with Crippen molar-refractivity contribution < 1.29 is 9.53 Å². The third-order valence-electron chi connectivity index (χ3n) is 2.46. The second-order valence-electron chi connectivity index (χ2n) is 3.85. The maximum absolute atomic E-state index is 11.5. The van der Waals surface area contributed by atoms with Crippen molar-refractivity contribution >= 4 is 44.9 Å². The first-order valence-corrected chi connectivity index (χ1v) is 6.96. The molecule has 19 heavy (non-hydrogen) atoms. The van der Waals surface area contributed by atoms with Gasteiger partial charge in [0.05, 0.1) is 15.6 Å². The largest absolute Gasteiger partial charge is 0.455 e. The molecule has 0 bridgehead atoms. The Morgan fingerprint density at radius 2 is 1.79 bits per heavy atom. The number of ketones is 1. The highest BCUT2D eigenvalue weighted by Crippen LogP contribution is 2.37. The standard InChI is InChI=1S/C14H9BrCl2O2/c1-8(18)9-4-2-3-5-13(9)19-14-7-11(16)10(15)6-12(14)17/h2-7H,1H3. The molecule has 0 unspecified atom stereocenters. The molecule has 0 saturated carbocycles. The summed E-state index contributed by atoms with van der Waals surface area (Å²) in [6.07, 6.45) is 0. The van der Waals surface area contributed by atoms with E-state index in [2.05, 4.69) is 15.9 Å². The summed E-state index contributed by atoms with van der Waals surface area (Å²) in [5.41, 5.74) is 0.498. The number of carbonyl (C=O) groups excluding carboxylic acids is 1. The number of carbonyl (C=O) groups is 1. The average molecular weight is 360 g/mol. The second kappa shape index (κ2) is 5.95. The molecule has 98 valence electrons. The fourth-order valence-corrected chi connectivity index (χ4v) is 2.38. The summed E-state index contributed by atoms with van der Waals surface area (Å²) < 4.78 is 6.37. The molecular formula is C14H9BrCl2O2. The molecule has 0 atom stereocenters. The van der Waals surface area contributed by atoms with Crippen molar-refractivity contribution in [3.63, 3.8) is 0 Å². The summed E-state index contributed by atoms with van der Waals surface area (Å²) in [6.45, 7) is 1.48. The van der Waals surface area contributed by atoms with E-state index in [1.807, 2.05) is 0 Å². The summed E-state index contributed by atoms with van der Waals surface area (Å²) in [5.74, 6) is 0.786. The van der Waals surface area contributed by atoms with Gasteiger partial charge in [0.15, 0.2) is 5.78 Å². The zero-order valence-corrected chi connectivity index (χ0v) is 13.0. The minimum atomic E-state index is -0.0741. The van der Waals surface area contributed by atoms with Crippen LogP contribution in [0, 0.1) is 0 Å². The van der Waals surface area contributed by atoms with Gasteiger partial charge in [-0.15, -0.1) is 0 Å². The number of hydrogen-bond acceptors (Lipinski definition) is 2. The van der Waals surface area contributed by atoms with Crippen molar-refractivity contribution in [2.75, 3.05) is 0 Å². The van der Waals surface area contributed by atoms with Crippen LogP contribution in [0.3, 0.4) is 0 Å². The number of Topliss-reactive ketones (excluding diaryl/α,β-unsaturated/α-hetero) is 1. The van der Waals surface area contributed by atoms with E-state index in [0.717, 1.165) is 0 Å². The molecule has 0 heterocycles. The van der Waals surface area contributed by atoms with Crippen molar-refractivity contribution in [1.29, 1.82) is 0 Å². The first-order valence-electron chi connectivity index (χ1n) is 5.41.